The normalized spacial score (nSPS) is 26.8. The summed E-state index contributed by atoms with van der Waals surface area (Å²) in [6.45, 7) is 5.24. The summed E-state index contributed by atoms with van der Waals surface area (Å²) in [4.78, 5) is 12.2. The van der Waals surface area contributed by atoms with Gasteiger partial charge in [-0.25, -0.2) is 13.2 Å². The average Bonchev–Trinajstić information content (AvgIpc) is 3.06. The summed E-state index contributed by atoms with van der Waals surface area (Å²) in [7, 11) is -3.41. The van der Waals surface area contributed by atoms with Crippen LogP contribution in [0.5, 0.6) is 0 Å². The number of alkyl carbamates (subject to hydrolysis) is 1. The lowest BCUT2D eigenvalue weighted by Crippen LogP contribution is -2.48. The predicted octanol–water partition coefficient (Wildman–Crippen LogP) is 2.18. The van der Waals surface area contributed by atoms with E-state index >= 15 is 0 Å². The van der Waals surface area contributed by atoms with Crippen molar-refractivity contribution < 1.29 is 17.9 Å². The predicted molar refractivity (Wildman–Crippen MR) is 96.7 cm³/mol. The Morgan fingerprint density at radius 2 is 1.88 bits per heavy atom. The van der Waals surface area contributed by atoms with Crippen molar-refractivity contribution >= 4 is 31.9 Å². The van der Waals surface area contributed by atoms with Gasteiger partial charge in [0.15, 0.2) is 9.84 Å². The molecule has 1 amide bonds. The monoisotopic (exact) mass is 418 g/mol. The molecule has 2 rings (SSSR count). The molecule has 0 spiro atoms. The third kappa shape index (κ3) is 3.92. The SMILES string of the molecule is CC(C)(C)OC(=O)N[C@@]1(CN)[C@@H](c2ccc(Br)cc2)[C@@H]1S(C)(=O)=O. The van der Waals surface area contributed by atoms with Crippen LogP contribution in [0.25, 0.3) is 0 Å². The van der Waals surface area contributed by atoms with E-state index < -0.39 is 38.2 Å². The molecule has 0 aliphatic heterocycles. The fourth-order valence-corrected chi connectivity index (χ4v) is 5.26. The van der Waals surface area contributed by atoms with Crippen molar-refractivity contribution in [2.75, 3.05) is 12.8 Å². The topological polar surface area (TPSA) is 98.5 Å². The van der Waals surface area contributed by atoms with Crippen LogP contribution in [0.3, 0.4) is 0 Å². The molecule has 24 heavy (non-hydrogen) atoms. The third-order valence-electron chi connectivity index (χ3n) is 4.02. The smallest absolute Gasteiger partial charge is 0.408 e. The zero-order valence-corrected chi connectivity index (χ0v) is 16.6. The number of nitrogens with one attached hydrogen (secondary N) is 1. The van der Waals surface area contributed by atoms with Gasteiger partial charge in [0.05, 0.1) is 10.8 Å². The summed E-state index contributed by atoms with van der Waals surface area (Å²) in [5.74, 6) is -0.405. The Labute approximate surface area is 151 Å². The van der Waals surface area contributed by atoms with E-state index in [-0.39, 0.29) is 6.54 Å². The molecule has 0 bridgehead atoms. The highest BCUT2D eigenvalue weighted by molar-refractivity contribution is 9.10. The summed E-state index contributed by atoms with van der Waals surface area (Å²) in [5.41, 5.74) is 4.97. The van der Waals surface area contributed by atoms with Crippen LogP contribution in [0.2, 0.25) is 0 Å². The molecule has 1 aliphatic rings. The van der Waals surface area contributed by atoms with E-state index in [0.29, 0.717) is 0 Å². The summed E-state index contributed by atoms with van der Waals surface area (Å²) in [5, 5.41) is 1.94. The van der Waals surface area contributed by atoms with Crippen molar-refractivity contribution in [1.29, 1.82) is 0 Å². The van der Waals surface area contributed by atoms with Gasteiger partial charge >= 0.3 is 6.09 Å². The highest BCUT2D eigenvalue weighted by Crippen LogP contribution is 2.55. The van der Waals surface area contributed by atoms with Crippen molar-refractivity contribution in [3.8, 4) is 0 Å². The molecular weight excluding hydrogens is 396 g/mol. The van der Waals surface area contributed by atoms with Crippen LogP contribution in [-0.2, 0) is 14.6 Å². The van der Waals surface area contributed by atoms with Crippen LogP contribution in [0.15, 0.2) is 28.7 Å². The van der Waals surface area contributed by atoms with Crippen molar-refractivity contribution in [1.82, 2.24) is 5.32 Å². The summed E-state index contributed by atoms with van der Waals surface area (Å²) in [6, 6.07) is 7.34. The van der Waals surface area contributed by atoms with E-state index in [4.69, 9.17) is 10.5 Å². The fourth-order valence-electron chi connectivity index (χ4n) is 3.11. The quantitative estimate of drug-likeness (QED) is 0.780. The molecule has 1 saturated carbocycles. The lowest BCUT2D eigenvalue weighted by molar-refractivity contribution is 0.0497. The van der Waals surface area contributed by atoms with Gasteiger partial charge in [0.25, 0.3) is 0 Å². The number of rotatable bonds is 4. The first kappa shape index (κ1) is 19.2. The standard InChI is InChI=1S/C16H23BrN2O4S/c1-15(2,3)23-14(20)19-16(9-18)12(13(16)24(4,21)22)10-5-7-11(17)8-6-10/h5-8,12-13H,9,18H2,1-4H3,(H,19,20)/t12-,13-,16-/m0/s1. The Morgan fingerprint density at radius 3 is 2.29 bits per heavy atom. The van der Waals surface area contributed by atoms with Gasteiger partial charge in [-0.05, 0) is 38.5 Å². The van der Waals surface area contributed by atoms with Crippen molar-refractivity contribution in [3.05, 3.63) is 34.3 Å². The van der Waals surface area contributed by atoms with Crippen LogP contribution < -0.4 is 11.1 Å². The number of hydrogen-bond acceptors (Lipinski definition) is 5. The molecule has 6 nitrogen and oxygen atoms in total. The molecule has 0 aromatic heterocycles. The van der Waals surface area contributed by atoms with E-state index in [1.165, 1.54) is 0 Å². The van der Waals surface area contributed by atoms with Crippen molar-refractivity contribution in [3.63, 3.8) is 0 Å². The number of sulfone groups is 1. The van der Waals surface area contributed by atoms with E-state index in [9.17, 15) is 13.2 Å². The van der Waals surface area contributed by atoms with E-state index in [1.807, 2.05) is 24.3 Å². The summed E-state index contributed by atoms with van der Waals surface area (Å²) < 4.78 is 30.6. The van der Waals surface area contributed by atoms with Gasteiger partial charge in [-0.15, -0.1) is 0 Å². The molecule has 3 atom stereocenters. The Balaban J connectivity index is 2.34. The minimum atomic E-state index is -3.41. The molecule has 0 unspecified atom stereocenters. The maximum atomic E-state index is 12.2. The number of hydrogen-bond donors (Lipinski definition) is 2. The number of benzene rings is 1. The molecule has 134 valence electrons. The number of halogens is 1. The van der Waals surface area contributed by atoms with Gasteiger partial charge in [0, 0.05) is 23.2 Å². The maximum Gasteiger partial charge on any atom is 0.408 e. The molecule has 1 aromatic rings. The number of ether oxygens (including phenoxy) is 1. The van der Waals surface area contributed by atoms with Gasteiger partial charge in [0.2, 0.25) is 0 Å². The second-order valence-corrected chi connectivity index (χ2v) is 10.2. The zero-order chi connectivity index (χ0) is 18.3. The second kappa shape index (κ2) is 6.31. The highest BCUT2D eigenvalue weighted by atomic mass is 79.9. The van der Waals surface area contributed by atoms with Crippen molar-refractivity contribution in [2.45, 2.75) is 43.1 Å². The molecule has 1 aromatic carbocycles. The summed E-state index contributed by atoms with van der Waals surface area (Å²) >= 11 is 3.36. The van der Waals surface area contributed by atoms with Gasteiger partial charge in [-0.3, -0.25) is 0 Å². The first-order valence-corrected chi connectivity index (χ1v) is 10.3. The Kier molecular flexibility index (Phi) is 5.05. The van der Waals surface area contributed by atoms with Crippen LogP contribution in [0.4, 0.5) is 4.79 Å². The molecular formula is C16H23BrN2O4S. The van der Waals surface area contributed by atoms with Crippen LogP contribution >= 0.6 is 15.9 Å². The first-order chi connectivity index (χ1) is 10.9. The minimum absolute atomic E-state index is 0.00467. The van der Waals surface area contributed by atoms with Gasteiger partial charge in [-0.1, -0.05) is 28.1 Å². The average molecular weight is 419 g/mol. The van der Waals surface area contributed by atoms with E-state index in [1.54, 1.807) is 20.8 Å². The lowest BCUT2D eigenvalue weighted by atomic mass is 10.1. The van der Waals surface area contributed by atoms with E-state index in [2.05, 4.69) is 21.2 Å². The molecule has 8 heteroatoms. The van der Waals surface area contributed by atoms with Gasteiger partial charge in [-0.2, -0.15) is 0 Å². The van der Waals surface area contributed by atoms with E-state index in [0.717, 1.165) is 16.3 Å². The molecule has 0 radical (unpaired) electrons. The molecule has 0 saturated heterocycles. The Morgan fingerprint density at radius 1 is 1.33 bits per heavy atom. The number of carbonyl (C=O) groups is 1. The number of carbonyl (C=O) groups excluding carboxylic acids is 1. The third-order valence-corrected chi connectivity index (χ3v) is 6.16. The van der Waals surface area contributed by atoms with Crippen LogP contribution in [0.1, 0.15) is 32.3 Å². The highest BCUT2D eigenvalue weighted by Gasteiger charge is 2.70. The zero-order valence-electron chi connectivity index (χ0n) is 14.2. The first-order valence-electron chi connectivity index (χ1n) is 7.56. The number of nitrogens with two attached hydrogens (primary N) is 1. The molecule has 1 aliphatic carbocycles. The Bertz CT molecular complexity index is 727. The second-order valence-electron chi connectivity index (χ2n) is 7.15. The van der Waals surface area contributed by atoms with Gasteiger partial charge in [0.1, 0.15) is 5.60 Å². The number of amides is 1. The van der Waals surface area contributed by atoms with Crippen molar-refractivity contribution in [2.24, 2.45) is 5.73 Å². The fraction of sp³-hybridized carbons (Fsp3) is 0.562. The minimum Gasteiger partial charge on any atom is -0.444 e. The van der Waals surface area contributed by atoms with Crippen LogP contribution in [0, 0.1) is 0 Å². The van der Waals surface area contributed by atoms with Gasteiger partial charge < -0.3 is 15.8 Å². The summed E-state index contributed by atoms with van der Waals surface area (Å²) in [6.07, 6.45) is 0.499. The largest absolute Gasteiger partial charge is 0.444 e. The molecule has 3 N–H and O–H groups in total. The Hall–Kier alpha value is -1.12. The maximum absolute atomic E-state index is 12.2. The molecule has 0 heterocycles. The van der Waals surface area contributed by atoms with Crippen LogP contribution in [-0.4, -0.2) is 43.7 Å². The molecule has 1 fully saturated rings. The lowest BCUT2D eigenvalue weighted by Gasteiger charge is -2.24.